The van der Waals surface area contributed by atoms with Crippen LogP contribution in [0.4, 0.5) is 0 Å². The number of nitrogens with zero attached hydrogens (tertiary/aromatic N) is 2. The van der Waals surface area contributed by atoms with Gasteiger partial charge in [-0.3, -0.25) is 14.5 Å². The Hall–Kier alpha value is -3.62. The SMILES string of the molecule is COc1cccc2cc(C(=O)C3=C(O)C(=O)N(CCCN4CCOCC4)[C@H]3c3ccc(C(C)(C)C)cc3)oc12. The maximum Gasteiger partial charge on any atom is 0.290 e. The van der Waals surface area contributed by atoms with Gasteiger partial charge in [-0.1, -0.05) is 57.2 Å². The molecule has 0 aliphatic carbocycles. The molecule has 0 unspecified atom stereocenters. The number of Topliss-reactive ketones (excluding diaryl/α,β-unsaturated/α-hetero) is 1. The van der Waals surface area contributed by atoms with E-state index in [4.69, 9.17) is 13.9 Å². The number of methoxy groups -OCH3 is 1. The van der Waals surface area contributed by atoms with Crippen LogP contribution in [0.15, 0.2) is 64.3 Å². The van der Waals surface area contributed by atoms with Crippen LogP contribution in [0.25, 0.3) is 11.0 Å². The van der Waals surface area contributed by atoms with Crippen LogP contribution in [0.3, 0.4) is 0 Å². The normalized spacial score (nSPS) is 18.8. The van der Waals surface area contributed by atoms with Crippen molar-refractivity contribution < 1.29 is 28.6 Å². The number of ketones is 1. The van der Waals surface area contributed by atoms with Gasteiger partial charge in [-0.15, -0.1) is 0 Å². The zero-order valence-corrected chi connectivity index (χ0v) is 23.0. The molecule has 1 amide bonds. The molecule has 8 nitrogen and oxygen atoms in total. The summed E-state index contributed by atoms with van der Waals surface area (Å²) in [7, 11) is 1.54. The van der Waals surface area contributed by atoms with Crippen molar-refractivity contribution in [2.45, 2.75) is 38.6 Å². The van der Waals surface area contributed by atoms with E-state index in [9.17, 15) is 14.7 Å². The summed E-state index contributed by atoms with van der Waals surface area (Å²) in [5, 5.41) is 11.8. The second kappa shape index (κ2) is 10.9. The van der Waals surface area contributed by atoms with Crippen LogP contribution in [0.5, 0.6) is 5.75 Å². The monoisotopic (exact) mass is 532 g/mol. The molecule has 2 aliphatic rings. The predicted molar refractivity (Wildman–Crippen MR) is 148 cm³/mol. The maximum absolute atomic E-state index is 13.9. The highest BCUT2D eigenvalue weighted by molar-refractivity contribution is 6.16. The van der Waals surface area contributed by atoms with Crippen LogP contribution in [0.2, 0.25) is 0 Å². The molecule has 2 aliphatic heterocycles. The number of hydrogen-bond acceptors (Lipinski definition) is 7. The first-order valence-corrected chi connectivity index (χ1v) is 13.4. The fraction of sp³-hybridized carbons (Fsp3) is 0.419. The Morgan fingerprint density at radius 1 is 1.08 bits per heavy atom. The molecule has 3 heterocycles. The van der Waals surface area contributed by atoms with Crippen molar-refractivity contribution in [2.24, 2.45) is 0 Å². The van der Waals surface area contributed by atoms with E-state index in [2.05, 4.69) is 25.7 Å². The zero-order chi connectivity index (χ0) is 27.7. The maximum atomic E-state index is 13.9. The quantitative estimate of drug-likeness (QED) is 0.407. The van der Waals surface area contributed by atoms with Gasteiger partial charge in [0.1, 0.15) is 0 Å². The van der Waals surface area contributed by atoms with E-state index in [1.54, 1.807) is 17.0 Å². The van der Waals surface area contributed by atoms with Crippen molar-refractivity contribution in [3.8, 4) is 5.75 Å². The molecule has 0 saturated carbocycles. The van der Waals surface area contributed by atoms with Crippen molar-refractivity contribution in [1.29, 1.82) is 0 Å². The number of hydrogen-bond donors (Lipinski definition) is 1. The molecule has 0 bridgehead atoms. The summed E-state index contributed by atoms with van der Waals surface area (Å²) in [6.07, 6.45) is 0.707. The lowest BCUT2D eigenvalue weighted by Crippen LogP contribution is -2.39. The van der Waals surface area contributed by atoms with Gasteiger partial charge in [-0.05, 0) is 35.1 Å². The van der Waals surface area contributed by atoms with E-state index in [-0.39, 0.29) is 16.7 Å². The topological polar surface area (TPSA) is 92.5 Å². The third-order valence-electron chi connectivity index (χ3n) is 7.57. The molecule has 206 valence electrons. The van der Waals surface area contributed by atoms with E-state index in [0.29, 0.717) is 42.9 Å². The first-order valence-electron chi connectivity index (χ1n) is 13.4. The minimum absolute atomic E-state index is 0.0351. The van der Waals surface area contributed by atoms with Crippen molar-refractivity contribution in [3.63, 3.8) is 0 Å². The van der Waals surface area contributed by atoms with Gasteiger partial charge in [-0.25, -0.2) is 0 Å². The molecule has 8 heteroatoms. The van der Waals surface area contributed by atoms with E-state index >= 15 is 0 Å². The Morgan fingerprint density at radius 3 is 2.46 bits per heavy atom. The number of amides is 1. The Labute approximate surface area is 228 Å². The van der Waals surface area contributed by atoms with Gasteiger partial charge in [0.05, 0.1) is 31.9 Å². The van der Waals surface area contributed by atoms with E-state index < -0.39 is 23.5 Å². The van der Waals surface area contributed by atoms with Gasteiger partial charge in [0.15, 0.2) is 22.9 Å². The van der Waals surface area contributed by atoms with Gasteiger partial charge in [0.2, 0.25) is 5.78 Å². The van der Waals surface area contributed by atoms with Gasteiger partial charge >= 0.3 is 0 Å². The Kier molecular flexibility index (Phi) is 7.51. The van der Waals surface area contributed by atoms with Crippen LogP contribution in [0, 0.1) is 0 Å². The molecule has 39 heavy (non-hydrogen) atoms. The Bertz CT molecular complexity index is 1390. The highest BCUT2D eigenvalue weighted by Gasteiger charge is 2.44. The highest BCUT2D eigenvalue weighted by atomic mass is 16.5. The van der Waals surface area contributed by atoms with E-state index in [1.807, 2.05) is 36.4 Å². The molecule has 1 aromatic heterocycles. The smallest absolute Gasteiger partial charge is 0.290 e. The lowest BCUT2D eigenvalue weighted by molar-refractivity contribution is -0.129. The average molecular weight is 533 g/mol. The Balaban J connectivity index is 1.49. The lowest BCUT2D eigenvalue weighted by atomic mass is 9.85. The fourth-order valence-electron chi connectivity index (χ4n) is 5.36. The summed E-state index contributed by atoms with van der Waals surface area (Å²) in [5.41, 5.74) is 2.34. The predicted octanol–water partition coefficient (Wildman–Crippen LogP) is 5.04. The number of furan rings is 1. The highest BCUT2D eigenvalue weighted by Crippen LogP contribution is 2.41. The number of fused-ring (bicyclic) bond motifs is 1. The molecule has 0 radical (unpaired) electrons. The molecule has 1 atom stereocenters. The van der Waals surface area contributed by atoms with Gasteiger partial charge in [0.25, 0.3) is 5.91 Å². The minimum atomic E-state index is -0.723. The van der Waals surface area contributed by atoms with Crippen LogP contribution >= 0.6 is 0 Å². The van der Waals surface area contributed by atoms with Crippen LogP contribution < -0.4 is 4.74 Å². The number of rotatable bonds is 8. The third kappa shape index (κ3) is 5.31. The van der Waals surface area contributed by atoms with Crippen molar-refractivity contribution in [3.05, 3.63) is 76.8 Å². The molecule has 1 N–H and O–H groups in total. The molecule has 5 rings (SSSR count). The van der Waals surface area contributed by atoms with E-state index in [0.717, 1.165) is 30.8 Å². The van der Waals surface area contributed by atoms with Crippen LogP contribution in [-0.2, 0) is 14.9 Å². The second-order valence-electron chi connectivity index (χ2n) is 11.2. The van der Waals surface area contributed by atoms with Gasteiger partial charge in [0, 0.05) is 31.6 Å². The summed E-state index contributed by atoms with van der Waals surface area (Å²) in [4.78, 5) is 31.2. The summed E-state index contributed by atoms with van der Waals surface area (Å²) < 4.78 is 16.7. The van der Waals surface area contributed by atoms with Gasteiger partial charge < -0.3 is 23.9 Å². The first-order chi connectivity index (χ1) is 18.7. The minimum Gasteiger partial charge on any atom is -0.503 e. The molecule has 3 aromatic rings. The molecule has 0 spiro atoms. The number of aliphatic hydroxyl groups excluding tert-OH is 1. The Morgan fingerprint density at radius 2 is 1.79 bits per heavy atom. The molecule has 1 saturated heterocycles. The number of ether oxygens (including phenoxy) is 2. The van der Waals surface area contributed by atoms with Crippen LogP contribution in [-0.4, -0.2) is 73.1 Å². The lowest BCUT2D eigenvalue weighted by Gasteiger charge is -2.30. The third-order valence-corrected chi connectivity index (χ3v) is 7.57. The largest absolute Gasteiger partial charge is 0.503 e. The zero-order valence-electron chi connectivity index (χ0n) is 23.0. The number of carbonyl (C=O) groups is 2. The van der Waals surface area contributed by atoms with Crippen molar-refractivity contribution >= 4 is 22.7 Å². The molecule has 2 aromatic carbocycles. The number of carbonyl (C=O) groups excluding carboxylic acids is 2. The van der Waals surface area contributed by atoms with E-state index in [1.165, 1.54) is 7.11 Å². The summed E-state index contributed by atoms with van der Waals surface area (Å²) in [6, 6.07) is 14.2. The molecule has 1 fully saturated rings. The van der Waals surface area contributed by atoms with Crippen molar-refractivity contribution in [2.75, 3.05) is 46.5 Å². The van der Waals surface area contributed by atoms with Crippen LogP contribution in [0.1, 0.15) is 54.9 Å². The van der Waals surface area contributed by atoms with Crippen molar-refractivity contribution in [1.82, 2.24) is 9.80 Å². The summed E-state index contributed by atoms with van der Waals surface area (Å²) >= 11 is 0. The standard InChI is InChI=1S/C31H36N2O6/c1-31(2,3)22-11-9-20(10-12-22)26-25(27(34)24-19-21-7-5-8-23(37-4)29(21)39-24)28(35)30(36)33(26)14-6-13-32-15-17-38-18-16-32/h5,7-12,19,26,35H,6,13-18H2,1-4H3/t26-/m0/s1. The molecular weight excluding hydrogens is 496 g/mol. The first kappa shape index (κ1) is 27.0. The second-order valence-corrected chi connectivity index (χ2v) is 11.2. The number of aliphatic hydroxyl groups is 1. The fourth-order valence-corrected chi connectivity index (χ4v) is 5.36. The number of para-hydroxylation sites is 1. The average Bonchev–Trinajstić information content (AvgIpc) is 3.48. The molecular formula is C31H36N2O6. The van der Waals surface area contributed by atoms with Gasteiger partial charge in [-0.2, -0.15) is 0 Å². The number of morpholine rings is 1. The number of benzene rings is 2. The summed E-state index contributed by atoms with van der Waals surface area (Å²) in [5.74, 6) is -1.02. The summed E-state index contributed by atoms with van der Waals surface area (Å²) in [6.45, 7) is 10.7.